The van der Waals surface area contributed by atoms with Crippen LogP contribution in [0.25, 0.3) is 0 Å². The molecule has 1 aromatic rings. The molecule has 1 spiro atoms. The molecule has 0 aromatic heterocycles. The zero-order valence-corrected chi connectivity index (χ0v) is 12.0. The highest BCUT2D eigenvalue weighted by Gasteiger charge is 2.51. The van der Waals surface area contributed by atoms with Gasteiger partial charge in [-0.1, -0.05) is 17.2 Å². The van der Waals surface area contributed by atoms with E-state index >= 15 is 0 Å². The summed E-state index contributed by atoms with van der Waals surface area (Å²) in [4.78, 5) is 37.4. The number of benzene rings is 1. The maximum atomic E-state index is 12.6. The summed E-state index contributed by atoms with van der Waals surface area (Å²) in [5, 5.41) is 4.88. The Hall–Kier alpha value is -2.37. The number of carbonyl (C=O) groups excluding carboxylic acids is 3. The molecule has 0 radical (unpaired) electrons. The van der Waals surface area contributed by atoms with Gasteiger partial charge in [-0.05, 0) is 32.4 Å². The smallest absolute Gasteiger partial charge is 0.322 e. The predicted octanol–water partition coefficient (Wildman–Crippen LogP) is 0.728. The summed E-state index contributed by atoms with van der Waals surface area (Å²) in [7, 11) is 0. The van der Waals surface area contributed by atoms with Gasteiger partial charge in [0.15, 0.2) is 0 Å². The number of imide groups is 1. The van der Waals surface area contributed by atoms with Gasteiger partial charge in [-0.25, -0.2) is 4.79 Å². The highest BCUT2D eigenvalue weighted by Crippen LogP contribution is 2.26. The molecule has 21 heavy (non-hydrogen) atoms. The lowest BCUT2D eigenvalue weighted by atomic mass is 9.99. The van der Waals surface area contributed by atoms with Gasteiger partial charge in [0, 0.05) is 12.1 Å². The van der Waals surface area contributed by atoms with E-state index in [-0.39, 0.29) is 18.4 Å². The number of nitrogens with one attached hydrogen (secondary N) is 2. The molecular formula is C15H17N3O3. The molecule has 6 nitrogen and oxygen atoms in total. The van der Waals surface area contributed by atoms with Gasteiger partial charge in [0.2, 0.25) is 0 Å². The van der Waals surface area contributed by atoms with Crippen LogP contribution in [0.3, 0.4) is 0 Å². The molecule has 4 amide bonds. The molecule has 0 aliphatic carbocycles. The van der Waals surface area contributed by atoms with Gasteiger partial charge in [0.25, 0.3) is 11.8 Å². The molecule has 1 atom stereocenters. The lowest BCUT2D eigenvalue weighted by Gasteiger charge is -2.21. The van der Waals surface area contributed by atoms with Crippen LogP contribution in [0.5, 0.6) is 0 Å². The standard InChI is InChI=1S/C15H17N3O3/c1-9-5-10(2)7-11(6-9)12(19)18-4-3-15(8-18)13(20)16-14(21)17-15/h5-7H,3-4,8H2,1-2H3,(H2,16,17,20,21). The predicted molar refractivity (Wildman–Crippen MR) is 75.8 cm³/mol. The van der Waals surface area contributed by atoms with Crippen molar-refractivity contribution < 1.29 is 14.4 Å². The fraction of sp³-hybridized carbons (Fsp3) is 0.400. The largest absolute Gasteiger partial charge is 0.336 e. The molecule has 0 bridgehead atoms. The first-order chi connectivity index (χ1) is 9.89. The van der Waals surface area contributed by atoms with Crippen molar-refractivity contribution in [2.75, 3.05) is 13.1 Å². The second-order valence-electron chi connectivity index (χ2n) is 5.84. The van der Waals surface area contributed by atoms with Crippen LogP contribution in [0.2, 0.25) is 0 Å². The second kappa shape index (κ2) is 4.58. The molecule has 2 heterocycles. The summed E-state index contributed by atoms with van der Waals surface area (Å²) in [5.41, 5.74) is 1.72. The molecular weight excluding hydrogens is 270 g/mol. The molecule has 1 aromatic carbocycles. The number of carbonyl (C=O) groups is 3. The van der Waals surface area contributed by atoms with Gasteiger partial charge in [-0.3, -0.25) is 14.9 Å². The Morgan fingerprint density at radius 2 is 1.86 bits per heavy atom. The summed E-state index contributed by atoms with van der Waals surface area (Å²) in [5.74, 6) is -0.448. The molecule has 2 N–H and O–H groups in total. The van der Waals surface area contributed by atoms with Gasteiger partial charge in [-0.15, -0.1) is 0 Å². The van der Waals surface area contributed by atoms with Crippen LogP contribution < -0.4 is 10.6 Å². The number of urea groups is 1. The third-order valence-corrected chi connectivity index (χ3v) is 4.04. The van der Waals surface area contributed by atoms with Crippen molar-refractivity contribution in [1.82, 2.24) is 15.5 Å². The fourth-order valence-electron chi connectivity index (χ4n) is 3.08. The van der Waals surface area contributed by atoms with E-state index in [2.05, 4.69) is 10.6 Å². The van der Waals surface area contributed by atoms with Crippen molar-refractivity contribution in [3.63, 3.8) is 0 Å². The molecule has 2 saturated heterocycles. The summed E-state index contributed by atoms with van der Waals surface area (Å²) < 4.78 is 0. The van der Waals surface area contributed by atoms with Crippen LogP contribution >= 0.6 is 0 Å². The van der Waals surface area contributed by atoms with Gasteiger partial charge < -0.3 is 10.2 Å². The average molecular weight is 287 g/mol. The number of rotatable bonds is 1. The Balaban J connectivity index is 1.81. The molecule has 3 rings (SSSR count). The monoisotopic (exact) mass is 287 g/mol. The van der Waals surface area contributed by atoms with Crippen molar-refractivity contribution >= 4 is 17.8 Å². The number of hydrogen-bond acceptors (Lipinski definition) is 3. The zero-order chi connectivity index (χ0) is 15.2. The lowest BCUT2D eigenvalue weighted by Crippen LogP contribution is -2.49. The Morgan fingerprint density at radius 3 is 2.43 bits per heavy atom. The third kappa shape index (κ3) is 2.26. The first-order valence-electron chi connectivity index (χ1n) is 6.91. The maximum absolute atomic E-state index is 12.6. The Kier molecular flexibility index (Phi) is 2.97. The first-order valence-corrected chi connectivity index (χ1v) is 6.91. The molecule has 1 unspecified atom stereocenters. The van der Waals surface area contributed by atoms with Crippen molar-refractivity contribution in [2.24, 2.45) is 0 Å². The van der Waals surface area contributed by atoms with E-state index in [0.717, 1.165) is 11.1 Å². The van der Waals surface area contributed by atoms with E-state index in [4.69, 9.17) is 0 Å². The summed E-state index contributed by atoms with van der Waals surface area (Å²) in [6.45, 7) is 4.57. The van der Waals surface area contributed by atoms with Crippen molar-refractivity contribution in [1.29, 1.82) is 0 Å². The Morgan fingerprint density at radius 1 is 1.19 bits per heavy atom. The molecule has 2 fully saturated rings. The average Bonchev–Trinajstić information content (AvgIpc) is 2.93. The molecule has 2 aliphatic heterocycles. The van der Waals surface area contributed by atoms with Crippen molar-refractivity contribution in [3.05, 3.63) is 34.9 Å². The van der Waals surface area contributed by atoms with Crippen LogP contribution in [0.4, 0.5) is 4.79 Å². The lowest BCUT2D eigenvalue weighted by molar-refractivity contribution is -0.123. The van der Waals surface area contributed by atoms with Crippen LogP contribution in [0, 0.1) is 13.8 Å². The zero-order valence-electron chi connectivity index (χ0n) is 12.0. The molecule has 110 valence electrons. The maximum Gasteiger partial charge on any atom is 0.322 e. The van der Waals surface area contributed by atoms with Crippen molar-refractivity contribution in [3.8, 4) is 0 Å². The van der Waals surface area contributed by atoms with E-state index in [1.54, 1.807) is 4.90 Å². The minimum absolute atomic E-state index is 0.104. The molecule has 6 heteroatoms. The van der Waals surface area contributed by atoms with E-state index in [1.165, 1.54) is 0 Å². The van der Waals surface area contributed by atoms with Crippen molar-refractivity contribution in [2.45, 2.75) is 25.8 Å². The fourth-order valence-corrected chi connectivity index (χ4v) is 3.08. The Labute approximate surface area is 122 Å². The van der Waals surface area contributed by atoms with Crippen LogP contribution in [-0.4, -0.2) is 41.4 Å². The van der Waals surface area contributed by atoms with E-state index < -0.39 is 11.6 Å². The van der Waals surface area contributed by atoms with Gasteiger partial charge >= 0.3 is 6.03 Å². The summed E-state index contributed by atoms with van der Waals surface area (Å²) in [6.07, 6.45) is 0.446. The molecule has 2 aliphatic rings. The third-order valence-electron chi connectivity index (χ3n) is 4.04. The number of amides is 4. The minimum atomic E-state index is -0.953. The topological polar surface area (TPSA) is 78.5 Å². The van der Waals surface area contributed by atoms with E-state index in [0.29, 0.717) is 18.5 Å². The number of nitrogens with zero attached hydrogens (tertiary/aromatic N) is 1. The Bertz CT molecular complexity index is 635. The second-order valence-corrected chi connectivity index (χ2v) is 5.84. The van der Waals surface area contributed by atoms with E-state index in [1.807, 2.05) is 32.0 Å². The van der Waals surface area contributed by atoms with Gasteiger partial charge in [0.05, 0.1) is 6.54 Å². The number of aryl methyl sites for hydroxylation is 2. The summed E-state index contributed by atoms with van der Waals surface area (Å²) >= 11 is 0. The normalized spacial score (nSPS) is 24.4. The van der Waals surface area contributed by atoms with Crippen LogP contribution in [0.15, 0.2) is 18.2 Å². The molecule has 0 saturated carbocycles. The quantitative estimate of drug-likeness (QED) is 0.747. The summed E-state index contributed by atoms with van der Waals surface area (Å²) in [6, 6.07) is 5.20. The minimum Gasteiger partial charge on any atom is -0.336 e. The number of hydrogen-bond donors (Lipinski definition) is 2. The van der Waals surface area contributed by atoms with E-state index in [9.17, 15) is 14.4 Å². The highest BCUT2D eigenvalue weighted by atomic mass is 16.2. The van der Waals surface area contributed by atoms with Gasteiger partial charge in [-0.2, -0.15) is 0 Å². The highest BCUT2D eigenvalue weighted by molar-refractivity contribution is 6.08. The van der Waals surface area contributed by atoms with Gasteiger partial charge in [0.1, 0.15) is 5.54 Å². The van der Waals surface area contributed by atoms with Crippen LogP contribution in [0.1, 0.15) is 27.9 Å². The number of likely N-dealkylation sites (tertiary alicyclic amines) is 1. The van der Waals surface area contributed by atoms with Crippen LogP contribution in [-0.2, 0) is 4.79 Å². The first kappa shape index (κ1) is 13.6. The SMILES string of the molecule is Cc1cc(C)cc(C(=O)N2CCC3(C2)NC(=O)NC3=O)c1.